The van der Waals surface area contributed by atoms with Crippen LogP contribution in [0.3, 0.4) is 0 Å². The standard InChI is InChI=1S/C12H9ClN2O5/c14-11-9(20-13(16,17)18)5-6-10-12(11)15-7-3-1-2-4-8(7)19-10/h1-6,15H,14H2. The minimum Gasteiger partial charge on any atom is -0.453 e. The Labute approximate surface area is 115 Å². The molecule has 2 aromatic carbocycles. The van der Waals surface area contributed by atoms with Gasteiger partial charge in [-0.25, -0.2) is 0 Å². The van der Waals surface area contributed by atoms with Crippen LogP contribution in [0.5, 0.6) is 17.2 Å². The van der Waals surface area contributed by atoms with E-state index in [1.165, 1.54) is 12.1 Å². The van der Waals surface area contributed by atoms with Crippen LogP contribution in [0.4, 0.5) is 17.1 Å². The molecule has 1 heterocycles. The molecule has 20 heavy (non-hydrogen) atoms. The summed E-state index contributed by atoms with van der Waals surface area (Å²) in [7, 11) is -4.61. The number of fused-ring (bicyclic) bond motifs is 2. The summed E-state index contributed by atoms with van der Waals surface area (Å²) in [5, 5.41) is 3.00. The molecule has 0 atom stereocenters. The largest absolute Gasteiger partial charge is 0.453 e. The molecule has 0 saturated heterocycles. The molecule has 0 saturated carbocycles. The van der Waals surface area contributed by atoms with Crippen LogP contribution in [0.1, 0.15) is 0 Å². The molecule has 3 rings (SSSR count). The van der Waals surface area contributed by atoms with Crippen LogP contribution in [-0.4, -0.2) is 0 Å². The number of ether oxygens (including phenoxy) is 1. The Morgan fingerprint density at radius 3 is 2.55 bits per heavy atom. The van der Waals surface area contributed by atoms with Crippen LogP contribution in [0.25, 0.3) is 0 Å². The van der Waals surface area contributed by atoms with Crippen molar-refractivity contribution in [3.05, 3.63) is 36.4 Å². The molecule has 0 amide bonds. The SMILES string of the molecule is Nc1c(O[Cl+3]([O-])([O-])[O-])ccc2c1Nc1ccccc1O2. The van der Waals surface area contributed by atoms with E-state index in [0.717, 1.165) is 0 Å². The van der Waals surface area contributed by atoms with Crippen LogP contribution in [0.15, 0.2) is 36.4 Å². The zero-order chi connectivity index (χ0) is 14.3. The second-order valence-electron chi connectivity index (χ2n) is 4.03. The Bertz CT molecular complexity index is 671. The summed E-state index contributed by atoms with van der Waals surface area (Å²) in [6, 6.07) is 9.88. The average molecular weight is 297 g/mol. The second-order valence-corrected chi connectivity index (χ2v) is 4.94. The van der Waals surface area contributed by atoms with Gasteiger partial charge in [0, 0.05) is 6.07 Å². The summed E-state index contributed by atoms with van der Waals surface area (Å²) >= 11 is 0. The molecule has 0 aliphatic carbocycles. The van der Waals surface area contributed by atoms with Crippen LogP contribution in [0.2, 0.25) is 0 Å². The summed E-state index contributed by atoms with van der Waals surface area (Å²) in [4.78, 5) is 0. The molecular weight excluding hydrogens is 288 g/mol. The van der Waals surface area contributed by atoms with Crippen molar-refractivity contribution in [2.75, 3.05) is 11.1 Å². The topological polar surface area (TPSA) is 126 Å². The molecule has 7 nitrogen and oxygen atoms in total. The summed E-state index contributed by atoms with van der Waals surface area (Å²) < 4.78 is 41.7. The second kappa shape index (κ2) is 4.43. The van der Waals surface area contributed by atoms with E-state index in [0.29, 0.717) is 22.9 Å². The maximum absolute atomic E-state index is 10.6. The first kappa shape index (κ1) is 12.8. The minimum absolute atomic E-state index is 0.0241. The molecule has 8 heteroatoms. The van der Waals surface area contributed by atoms with E-state index in [4.69, 9.17) is 10.5 Å². The van der Waals surface area contributed by atoms with Crippen molar-refractivity contribution in [2.45, 2.75) is 0 Å². The highest BCUT2D eigenvalue weighted by atomic mass is 35.7. The molecule has 1 aliphatic rings. The third kappa shape index (κ3) is 2.30. The lowest BCUT2D eigenvalue weighted by Crippen LogP contribution is -2.63. The lowest BCUT2D eigenvalue weighted by molar-refractivity contribution is -1.91. The van der Waals surface area contributed by atoms with Gasteiger partial charge in [0.05, 0.1) is 5.69 Å². The molecular formula is C12H9ClN2O5. The van der Waals surface area contributed by atoms with Crippen molar-refractivity contribution < 1.29 is 33.2 Å². The smallest absolute Gasteiger partial charge is 0.313 e. The van der Waals surface area contributed by atoms with E-state index in [1.807, 2.05) is 6.07 Å². The van der Waals surface area contributed by atoms with Gasteiger partial charge in [-0.1, -0.05) is 16.4 Å². The molecule has 0 unspecified atom stereocenters. The van der Waals surface area contributed by atoms with E-state index in [1.54, 1.807) is 18.2 Å². The zero-order valence-electron chi connectivity index (χ0n) is 9.96. The molecule has 1 aliphatic heterocycles. The van der Waals surface area contributed by atoms with Crippen LogP contribution >= 0.6 is 0 Å². The molecule has 2 aromatic rings. The number of nitrogen functional groups attached to an aromatic ring is 1. The van der Waals surface area contributed by atoms with Gasteiger partial charge in [-0.2, -0.15) is 14.0 Å². The van der Waals surface area contributed by atoms with Crippen molar-refractivity contribution in [2.24, 2.45) is 0 Å². The number of benzene rings is 2. The first-order valence-electron chi connectivity index (χ1n) is 5.51. The van der Waals surface area contributed by atoms with Gasteiger partial charge in [-0.05, 0) is 18.2 Å². The molecule has 0 spiro atoms. The van der Waals surface area contributed by atoms with E-state index >= 15 is 0 Å². The Kier molecular flexibility index (Phi) is 2.84. The number of para-hydroxylation sites is 2. The summed E-state index contributed by atoms with van der Waals surface area (Å²) in [5.74, 6) is 0.770. The number of hydrogen-bond donors (Lipinski definition) is 2. The first-order valence-corrected chi connectivity index (χ1v) is 6.74. The zero-order valence-corrected chi connectivity index (χ0v) is 10.7. The van der Waals surface area contributed by atoms with Gasteiger partial charge in [0.15, 0.2) is 11.5 Å². The molecule has 104 valence electrons. The van der Waals surface area contributed by atoms with Crippen molar-refractivity contribution in [3.63, 3.8) is 0 Å². The van der Waals surface area contributed by atoms with E-state index in [-0.39, 0.29) is 11.4 Å². The lowest BCUT2D eigenvalue weighted by atomic mass is 10.2. The number of halogens is 1. The van der Waals surface area contributed by atoms with Crippen molar-refractivity contribution in [1.29, 1.82) is 0 Å². The van der Waals surface area contributed by atoms with Crippen LogP contribution in [-0.2, 0) is 0 Å². The first-order chi connectivity index (χ1) is 9.44. The fourth-order valence-corrected chi connectivity index (χ4v) is 2.21. The van der Waals surface area contributed by atoms with Crippen molar-refractivity contribution in [1.82, 2.24) is 0 Å². The van der Waals surface area contributed by atoms with Crippen molar-refractivity contribution in [3.8, 4) is 17.2 Å². The van der Waals surface area contributed by atoms with E-state index < -0.39 is 10.2 Å². The number of anilines is 3. The van der Waals surface area contributed by atoms with Crippen LogP contribution < -0.4 is 34.1 Å². The van der Waals surface area contributed by atoms with Crippen LogP contribution in [0, 0.1) is 10.2 Å². The van der Waals surface area contributed by atoms with Gasteiger partial charge in [0.2, 0.25) is 0 Å². The van der Waals surface area contributed by atoms with Gasteiger partial charge < -0.3 is 15.8 Å². The number of rotatable bonds is 2. The number of nitrogens with two attached hydrogens (primary N) is 1. The molecule has 0 radical (unpaired) electrons. The normalized spacial score (nSPS) is 12.8. The van der Waals surface area contributed by atoms with Gasteiger partial charge >= 0.3 is 5.75 Å². The van der Waals surface area contributed by atoms with Gasteiger partial charge in [-0.15, -0.1) is 0 Å². The Morgan fingerprint density at radius 1 is 1.05 bits per heavy atom. The monoisotopic (exact) mass is 296 g/mol. The van der Waals surface area contributed by atoms with E-state index in [9.17, 15) is 14.0 Å². The van der Waals surface area contributed by atoms with Crippen molar-refractivity contribution >= 4 is 17.1 Å². The van der Waals surface area contributed by atoms with Gasteiger partial charge in [-0.3, -0.25) is 0 Å². The highest BCUT2D eigenvalue weighted by molar-refractivity contribution is 5.86. The Morgan fingerprint density at radius 2 is 1.80 bits per heavy atom. The fourth-order valence-electron chi connectivity index (χ4n) is 1.88. The molecule has 3 N–H and O–H groups in total. The predicted molar refractivity (Wildman–Crippen MR) is 61.3 cm³/mol. The summed E-state index contributed by atoms with van der Waals surface area (Å²) in [6.45, 7) is 0. The lowest BCUT2D eigenvalue weighted by Gasteiger charge is -2.23. The highest BCUT2D eigenvalue weighted by Gasteiger charge is 2.27. The molecule has 0 bridgehead atoms. The highest BCUT2D eigenvalue weighted by Crippen LogP contribution is 2.47. The Balaban J connectivity index is 2.01. The number of nitrogens with one attached hydrogen (secondary N) is 1. The maximum Gasteiger partial charge on any atom is 0.313 e. The van der Waals surface area contributed by atoms with Gasteiger partial charge in [0.25, 0.3) is 0 Å². The Hall–Kier alpha value is -2.19. The summed E-state index contributed by atoms with van der Waals surface area (Å²) in [5.41, 5.74) is 6.79. The minimum atomic E-state index is -4.61. The third-order valence-corrected chi connectivity index (χ3v) is 3.07. The van der Waals surface area contributed by atoms with E-state index in [2.05, 4.69) is 9.61 Å². The predicted octanol–water partition coefficient (Wildman–Crippen LogP) is -0.606. The molecule has 0 fully saturated rings. The average Bonchev–Trinajstić information content (AvgIpc) is 2.39. The van der Waals surface area contributed by atoms with Gasteiger partial charge in [0.1, 0.15) is 21.6 Å². The molecule has 0 aromatic heterocycles. The third-order valence-electron chi connectivity index (χ3n) is 2.71. The number of hydrogen-bond acceptors (Lipinski definition) is 7. The maximum atomic E-state index is 10.6. The fraction of sp³-hybridized carbons (Fsp3) is 0. The summed E-state index contributed by atoms with van der Waals surface area (Å²) in [6.07, 6.45) is 0. The quantitative estimate of drug-likeness (QED) is 0.604.